The van der Waals surface area contributed by atoms with E-state index in [4.69, 9.17) is 0 Å². The molecule has 2 aromatic rings. The normalized spacial score (nSPS) is 23.4. The fraction of sp³-hybridized carbons (Fsp3) is 0.400. The molecule has 0 saturated carbocycles. The lowest BCUT2D eigenvalue weighted by atomic mass is 10.0. The predicted molar refractivity (Wildman–Crippen MR) is 76.0 cm³/mol. The van der Waals surface area contributed by atoms with Gasteiger partial charge in [-0.05, 0) is 38.9 Å². The number of rotatable bonds is 2. The highest BCUT2D eigenvalue weighted by atomic mass is 15.1. The van der Waals surface area contributed by atoms with Crippen LogP contribution in [0.5, 0.6) is 0 Å². The van der Waals surface area contributed by atoms with Crippen molar-refractivity contribution in [3.8, 4) is 0 Å². The molecule has 0 amide bonds. The fourth-order valence-corrected chi connectivity index (χ4v) is 2.66. The second-order valence-electron chi connectivity index (χ2n) is 5.44. The van der Waals surface area contributed by atoms with E-state index in [1.54, 1.807) is 0 Å². The summed E-state index contributed by atoms with van der Waals surface area (Å²) >= 11 is 0. The first kappa shape index (κ1) is 11.5. The maximum Gasteiger partial charge on any atom is 0.0725 e. The van der Waals surface area contributed by atoms with Crippen molar-refractivity contribution in [2.45, 2.75) is 25.8 Å². The van der Waals surface area contributed by atoms with Gasteiger partial charge in [-0.15, -0.1) is 0 Å². The summed E-state index contributed by atoms with van der Waals surface area (Å²) in [6.45, 7) is 6.43. The number of pyridine rings is 1. The second kappa shape index (κ2) is 4.25. The molecule has 0 spiro atoms. The van der Waals surface area contributed by atoms with Gasteiger partial charge in [-0.3, -0.25) is 4.98 Å². The summed E-state index contributed by atoms with van der Waals surface area (Å²) < 4.78 is 0. The lowest BCUT2D eigenvalue weighted by Gasteiger charge is -2.27. The molecule has 1 fully saturated rings. The average molecular weight is 241 g/mol. The van der Waals surface area contributed by atoms with Crippen LogP contribution in [0.4, 0.5) is 5.69 Å². The minimum Gasteiger partial charge on any atom is -0.378 e. The Morgan fingerprint density at radius 2 is 2.17 bits per heavy atom. The molecule has 3 rings (SSSR count). The first-order chi connectivity index (χ1) is 8.66. The van der Waals surface area contributed by atoms with Crippen LogP contribution in [0.3, 0.4) is 0 Å². The highest BCUT2D eigenvalue weighted by Crippen LogP contribution is 2.28. The summed E-state index contributed by atoms with van der Waals surface area (Å²) in [5, 5.41) is 8.32. The van der Waals surface area contributed by atoms with Crippen molar-refractivity contribution in [1.82, 2.24) is 10.3 Å². The Hall–Kier alpha value is -1.61. The number of hydrogen-bond acceptors (Lipinski definition) is 3. The van der Waals surface area contributed by atoms with Crippen LogP contribution in [0.25, 0.3) is 10.9 Å². The molecule has 94 valence electrons. The van der Waals surface area contributed by atoms with Gasteiger partial charge in [0.2, 0.25) is 0 Å². The van der Waals surface area contributed by atoms with E-state index in [2.05, 4.69) is 46.8 Å². The van der Waals surface area contributed by atoms with Crippen LogP contribution in [-0.2, 0) is 0 Å². The predicted octanol–water partition coefficient (Wildman–Crippen LogP) is 2.71. The van der Waals surface area contributed by atoms with Crippen LogP contribution in [0.1, 0.15) is 19.0 Å². The molecule has 3 heteroatoms. The van der Waals surface area contributed by atoms with E-state index in [9.17, 15) is 0 Å². The molecule has 1 aromatic heterocycles. The van der Waals surface area contributed by atoms with Crippen molar-refractivity contribution in [3.05, 3.63) is 36.0 Å². The van der Waals surface area contributed by atoms with E-state index in [0.29, 0.717) is 0 Å². The summed E-state index contributed by atoms with van der Waals surface area (Å²) in [4.78, 5) is 4.58. The summed E-state index contributed by atoms with van der Waals surface area (Å²) in [5.41, 5.74) is 3.47. The zero-order valence-electron chi connectivity index (χ0n) is 11.0. The third-order valence-corrected chi connectivity index (χ3v) is 3.65. The van der Waals surface area contributed by atoms with Gasteiger partial charge in [0.05, 0.1) is 5.52 Å². The number of anilines is 1. The van der Waals surface area contributed by atoms with Gasteiger partial charge in [-0.2, -0.15) is 0 Å². The zero-order chi connectivity index (χ0) is 12.6. The molecule has 1 aliphatic heterocycles. The minimum absolute atomic E-state index is 0.149. The van der Waals surface area contributed by atoms with Crippen LogP contribution < -0.4 is 10.6 Å². The highest BCUT2D eigenvalue weighted by molar-refractivity contribution is 5.91. The Morgan fingerprint density at radius 3 is 2.94 bits per heavy atom. The smallest absolute Gasteiger partial charge is 0.0725 e. The number of nitrogens with one attached hydrogen (secondary N) is 2. The van der Waals surface area contributed by atoms with Gasteiger partial charge in [-0.25, -0.2) is 0 Å². The minimum atomic E-state index is 0.149. The molecule has 2 heterocycles. The Kier molecular flexibility index (Phi) is 2.71. The molecule has 2 N–H and O–H groups in total. The van der Waals surface area contributed by atoms with E-state index in [1.165, 1.54) is 11.1 Å². The van der Waals surface area contributed by atoms with Gasteiger partial charge in [0, 0.05) is 28.9 Å². The molecular weight excluding hydrogens is 222 g/mol. The molecule has 1 aliphatic rings. The molecule has 0 radical (unpaired) electrons. The first-order valence-electron chi connectivity index (χ1n) is 6.52. The number of nitrogens with zero attached hydrogens (tertiary/aromatic N) is 1. The zero-order valence-corrected chi connectivity index (χ0v) is 11.0. The molecule has 1 aromatic carbocycles. The van der Waals surface area contributed by atoms with Crippen molar-refractivity contribution in [1.29, 1.82) is 0 Å². The number of fused-ring (bicyclic) bond motifs is 1. The number of hydrogen-bond donors (Lipinski definition) is 2. The lowest BCUT2D eigenvalue weighted by molar-refractivity contribution is 0.567. The van der Waals surface area contributed by atoms with Gasteiger partial charge >= 0.3 is 0 Å². The maximum atomic E-state index is 4.58. The van der Waals surface area contributed by atoms with Crippen LogP contribution in [0.15, 0.2) is 30.3 Å². The molecule has 1 unspecified atom stereocenters. The van der Waals surface area contributed by atoms with E-state index < -0.39 is 0 Å². The standard InChI is InChI=1S/C15H19N3/c1-11-9-14(18-15(2)7-8-16-10-15)12-5-3-4-6-13(12)17-11/h3-6,9,16H,7-8,10H2,1-2H3,(H,17,18). The van der Waals surface area contributed by atoms with E-state index in [0.717, 1.165) is 30.7 Å². The van der Waals surface area contributed by atoms with Gasteiger partial charge < -0.3 is 10.6 Å². The van der Waals surface area contributed by atoms with Crippen molar-refractivity contribution < 1.29 is 0 Å². The van der Waals surface area contributed by atoms with Crippen molar-refractivity contribution >= 4 is 16.6 Å². The number of para-hydroxylation sites is 1. The SMILES string of the molecule is Cc1cc(NC2(C)CCNC2)c2ccccc2n1. The van der Waals surface area contributed by atoms with E-state index in [-0.39, 0.29) is 5.54 Å². The van der Waals surface area contributed by atoms with Gasteiger partial charge in [0.25, 0.3) is 0 Å². The molecular formula is C15H19N3. The van der Waals surface area contributed by atoms with E-state index >= 15 is 0 Å². The fourth-order valence-electron chi connectivity index (χ4n) is 2.66. The largest absolute Gasteiger partial charge is 0.378 e. The second-order valence-corrected chi connectivity index (χ2v) is 5.44. The van der Waals surface area contributed by atoms with Crippen LogP contribution in [0, 0.1) is 6.92 Å². The van der Waals surface area contributed by atoms with Crippen molar-refractivity contribution in [2.24, 2.45) is 0 Å². The summed E-state index contributed by atoms with van der Waals surface area (Å²) in [5.74, 6) is 0. The Bertz CT molecular complexity index is 571. The van der Waals surface area contributed by atoms with Crippen LogP contribution in [-0.4, -0.2) is 23.6 Å². The Morgan fingerprint density at radius 1 is 1.33 bits per heavy atom. The summed E-state index contributed by atoms with van der Waals surface area (Å²) in [7, 11) is 0. The number of aromatic nitrogens is 1. The number of aryl methyl sites for hydroxylation is 1. The third kappa shape index (κ3) is 2.06. The van der Waals surface area contributed by atoms with Crippen LogP contribution in [0.2, 0.25) is 0 Å². The third-order valence-electron chi connectivity index (χ3n) is 3.65. The van der Waals surface area contributed by atoms with Crippen molar-refractivity contribution in [2.75, 3.05) is 18.4 Å². The topological polar surface area (TPSA) is 37.0 Å². The van der Waals surface area contributed by atoms with E-state index in [1.807, 2.05) is 13.0 Å². The van der Waals surface area contributed by atoms with Crippen molar-refractivity contribution in [3.63, 3.8) is 0 Å². The van der Waals surface area contributed by atoms with Gasteiger partial charge in [-0.1, -0.05) is 18.2 Å². The van der Waals surface area contributed by atoms with Gasteiger partial charge in [0.1, 0.15) is 0 Å². The Balaban J connectivity index is 2.05. The number of benzene rings is 1. The maximum absolute atomic E-state index is 4.58. The quantitative estimate of drug-likeness (QED) is 0.849. The van der Waals surface area contributed by atoms with Gasteiger partial charge in [0.15, 0.2) is 0 Å². The summed E-state index contributed by atoms with van der Waals surface area (Å²) in [6.07, 6.45) is 1.16. The highest BCUT2D eigenvalue weighted by Gasteiger charge is 2.28. The molecule has 3 nitrogen and oxygen atoms in total. The molecule has 0 aliphatic carbocycles. The molecule has 0 bridgehead atoms. The average Bonchev–Trinajstić information content (AvgIpc) is 2.75. The van der Waals surface area contributed by atoms with Crippen LogP contribution >= 0.6 is 0 Å². The molecule has 1 atom stereocenters. The Labute approximate surface area is 108 Å². The molecule has 18 heavy (non-hydrogen) atoms. The summed E-state index contributed by atoms with van der Waals surface area (Å²) in [6, 6.07) is 10.5. The monoisotopic (exact) mass is 241 g/mol. The molecule has 1 saturated heterocycles. The first-order valence-corrected chi connectivity index (χ1v) is 6.52. The lowest BCUT2D eigenvalue weighted by Crippen LogP contribution is -2.36.